The van der Waals surface area contributed by atoms with Gasteiger partial charge in [0.05, 0.1) is 60.5 Å². The fraction of sp³-hybridized carbons (Fsp3) is 0.410. The van der Waals surface area contributed by atoms with E-state index in [1.165, 1.54) is 102 Å². The van der Waals surface area contributed by atoms with E-state index in [1.807, 2.05) is 120 Å². The predicted octanol–water partition coefficient (Wildman–Crippen LogP) is 19.6. The number of nitrogens with one attached hydrogen (secondary N) is 8. The first kappa shape index (κ1) is 119. The van der Waals surface area contributed by atoms with Gasteiger partial charge in [-0.25, -0.2) is 4.39 Å². The summed E-state index contributed by atoms with van der Waals surface area (Å²) in [5.41, 5.74) is 30.5. The number of benzene rings is 8. The first-order valence-corrected chi connectivity index (χ1v) is 53.1. The van der Waals surface area contributed by atoms with Gasteiger partial charge in [0.2, 0.25) is 14.7 Å². The van der Waals surface area contributed by atoms with Gasteiger partial charge in [0.15, 0.2) is 0 Å². The smallest absolute Gasteiger partial charge is 0.204 e. The van der Waals surface area contributed by atoms with E-state index in [0.29, 0.717) is 38.5 Å². The number of nitrogens with zero attached hydrogens (tertiary/aromatic N) is 1. The second kappa shape index (κ2) is 58.7. The van der Waals surface area contributed by atoms with E-state index in [4.69, 9.17) is 4.52 Å². The highest BCUT2D eigenvalue weighted by Crippen LogP contribution is 2.46. The lowest BCUT2D eigenvalue weighted by Crippen LogP contribution is -2.34. The molecule has 758 valence electrons. The highest BCUT2D eigenvalue weighted by atomic mass is 31.2. The van der Waals surface area contributed by atoms with Gasteiger partial charge in [0.1, 0.15) is 52.1 Å². The molecule has 21 nitrogen and oxygen atoms in total. The van der Waals surface area contributed by atoms with Gasteiger partial charge in [-0.15, -0.1) is 0 Å². The van der Waals surface area contributed by atoms with Crippen molar-refractivity contribution in [3.8, 4) is 0 Å². The number of hydrogen-bond acceptors (Lipinski definition) is 20. The molecule has 0 fully saturated rings. The Balaban J connectivity index is 0.000000247. The second-order valence-electron chi connectivity index (χ2n) is 37.2. The van der Waals surface area contributed by atoms with E-state index in [-0.39, 0.29) is 114 Å². The van der Waals surface area contributed by atoms with E-state index in [9.17, 15) is 56.8 Å². The Bertz CT molecular complexity index is 5920. The molecule has 0 spiro atoms. The largest absolute Gasteiger partial charge is 0.344 e. The first-order valence-electron chi connectivity index (χ1n) is 48.5. The Morgan fingerprint density at radius 3 is 1.20 bits per heavy atom. The molecule has 9 aromatic rings. The Hall–Kier alpha value is -10.8. The number of aryl methyl sites for hydroxylation is 4. The van der Waals surface area contributed by atoms with Crippen LogP contribution in [0, 0.1) is 33.5 Å². The van der Waals surface area contributed by atoms with E-state index in [1.54, 1.807) is 102 Å². The van der Waals surface area contributed by atoms with Gasteiger partial charge in [-0.05, 0) is 365 Å². The van der Waals surface area contributed by atoms with Crippen molar-refractivity contribution >= 4 is 99.8 Å². The minimum Gasteiger partial charge on any atom is -0.344 e. The Labute approximate surface area is 839 Å². The minimum absolute atomic E-state index is 0. The number of rotatable bonds is 38. The molecule has 0 amide bonds. The lowest BCUT2D eigenvalue weighted by atomic mass is 9.94. The number of allylic oxidation sites excluding steroid dienone is 5. The van der Waals surface area contributed by atoms with Gasteiger partial charge in [-0.1, -0.05) is 201 Å². The number of halogens is 1. The molecule has 1 aromatic heterocycles. The van der Waals surface area contributed by atoms with Crippen molar-refractivity contribution in [1.29, 1.82) is 0 Å². The molecule has 24 heteroatoms. The minimum atomic E-state index is -3.02. The van der Waals surface area contributed by atoms with Crippen LogP contribution in [0.2, 0.25) is 0 Å². The van der Waals surface area contributed by atoms with Crippen molar-refractivity contribution in [2.45, 2.75) is 242 Å². The molecule has 0 radical (unpaired) electrons. The maximum Gasteiger partial charge on any atom is 0.204 e. The van der Waals surface area contributed by atoms with Gasteiger partial charge in [-0.3, -0.25) is 52.5 Å². The maximum absolute atomic E-state index is 13.1. The standard InChI is InChI=1S/C15H24NO3P.4C15H19NO.C14H16FNO.C14H16N2O.C13H20NO3P.CH4/c1-5-19-20(4,18)11-14-8-6-13(7-9-14)10-15(16-3)12(2)17;1-10-4-7-14-12(8-10)5-6-13(14)9-15(16-3)11(2)17;1-10-4-5-12-6-7-13(14(12)8-10)9-15(16-3)11(2)17;1-10-5-4-6-14-12(7-8-13(10)14)9-15(16-3)11(2)17;1-10-5-4-6-12-7-8-13(15(10)12)9-14(16-3)11(2)17;1-9(17)14(16-2)8-11-4-3-10-7-12(15)5-6-13(10)11;1-10(17)14(15-2)9-12-8-7-11-5-3-4-6-13(11)16-12;1-10(15)13(14-2)8-11-4-6-12(7-5-11)9-18(3,16)17;/h6-9,15-16H,5,10-11H2,1-4H3;4,6-8,15-16H,5,9H2,1-3H3;4-5,7-8,15-16H,6,9H2,1-3H3;4-7,15-16H,8-9H2,1-3H3;4-6,8,14,16H,7,9H2,1-3H3;4-7,14,16H,3,8H2,1-2H3;3-8,14-15H,9H2,1-2H3;4-7,13-14H,8-9H2,1-3H3,(H,16,17);1H4/t15-,20?;15-;;;;;14-;13-;/m00....00./s1. The predicted molar refractivity (Wildman–Crippen MR) is 582 cm³/mol. The molecule has 1 heterocycles. The molecule has 5 aliphatic rings. The highest BCUT2D eigenvalue weighted by molar-refractivity contribution is 7.57. The zero-order chi connectivity index (χ0) is 103. The van der Waals surface area contributed by atoms with Crippen molar-refractivity contribution in [2.24, 2.45) is 0 Å². The molecule has 8 aromatic carbocycles. The molecule has 9 N–H and O–H groups in total. The molecular weight excluding hydrogens is 1800 g/mol. The number of carbonyl (C=O) groups excluding carboxylic acids is 8. The Kier molecular flexibility index (Phi) is 49.5. The molecule has 0 saturated heterocycles. The van der Waals surface area contributed by atoms with Crippen LogP contribution in [0.15, 0.2) is 206 Å². The van der Waals surface area contributed by atoms with Gasteiger partial charge in [0.25, 0.3) is 0 Å². The third kappa shape index (κ3) is 37.8. The van der Waals surface area contributed by atoms with Crippen LogP contribution >= 0.6 is 14.7 Å². The summed E-state index contributed by atoms with van der Waals surface area (Å²) in [7, 11) is 8.96. The van der Waals surface area contributed by atoms with Gasteiger partial charge < -0.3 is 52.0 Å². The quantitative estimate of drug-likeness (QED) is 0.0162. The maximum atomic E-state index is 13.1. The summed E-state index contributed by atoms with van der Waals surface area (Å²) >= 11 is 0. The highest BCUT2D eigenvalue weighted by Gasteiger charge is 2.28. The van der Waals surface area contributed by atoms with Crippen LogP contribution in [-0.2, 0) is 116 Å². The monoisotopic (exact) mass is 1960 g/mol. The van der Waals surface area contributed by atoms with E-state index in [0.717, 1.165) is 113 Å². The molecule has 10 atom stereocenters. The number of likely N-dealkylation sites (N-methyl/N-ethyl adjacent to an activating group) is 8. The van der Waals surface area contributed by atoms with Crippen LogP contribution in [0.4, 0.5) is 4.39 Å². The number of aromatic nitrogens is 1. The fourth-order valence-electron chi connectivity index (χ4n) is 17.9. The summed E-state index contributed by atoms with van der Waals surface area (Å²) in [5.74, 6) is 1.12. The summed E-state index contributed by atoms with van der Waals surface area (Å²) in [6, 6.07) is 57.3. The van der Waals surface area contributed by atoms with Crippen molar-refractivity contribution in [1.82, 2.24) is 47.5 Å². The van der Waals surface area contributed by atoms with Gasteiger partial charge in [-0.2, -0.15) is 0 Å². The third-order valence-electron chi connectivity index (χ3n) is 26.1. The number of hydrogen-bond donors (Lipinski definition) is 9. The first-order chi connectivity index (χ1) is 66.5. The summed E-state index contributed by atoms with van der Waals surface area (Å²) in [5, 5.41) is 25.4. The van der Waals surface area contributed by atoms with Crippen LogP contribution in [0.5, 0.6) is 0 Å². The average molecular weight is 1960 g/mol. The SMILES string of the molecule is C.CCOP(C)(=O)Cc1ccc(C[C@H](NC)C(C)=O)cc1.CNC(CC1=CCc2c(C)cccc21)C(C)=O.CNC(CC1=CCc2cc(F)ccc21)C(C)=O.CNC(CC1=CCc2ccc(C)cc21)C(C)=O.CNC(CC1=CCc2cccc(C)c21)C(C)=O.CN[C@@H](CC1=CCc2cc(C)ccc21)C(C)=O.CN[C@@H](Cc1ccc(CP(C)(=O)O)cc1)C(C)=O.CN[C@@H](Cc1ccc2ccccc2n1)C(C)=O. The van der Waals surface area contributed by atoms with Crippen molar-refractivity contribution in [3.05, 3.63) is 318 Å². The third-order valence-corrected chi connectivity index (χ3v) is 28.8. The molecular formula is C117H156FN9O12P2. The normalized spacial score (nSPS) is 15.0. The molecule has 6 unspecified atom stereocenters. The molecule has 141 heavy (non-hydrogen) atoms. The number of ketones is 8. The van der Waals surface area contributed by atoms with Crippen LogP contribution in [0.3, 0.4) is 0 Å². The summed E-state index contributed by atoms with van der Waals surface area (Å²) in [6.07, 6.45) is 22.3. The topological polar surface area (TPSA) is 309 Å². The van der Waals surface area contributed by atoms with Crippen LogP contribution in [0.1, 0.15) is 208 Å². The van der Waals surface area contributed by atoms with Crippen molar-refractivity contribution in [2.75, 3.05) is 76.3 Å². The van der Waals surface area contributed by atoms with Crippen LogP contribution < -0.4 is 42.5 Å². The van der Waals surface area contributed by atoms with E-state index < -0.39 is 14.7 Å². The molecule has 0 bridgehead atoms. The zero-order valence-electron chi connectivity index (χ0n) is 86.7. The van der Waals surface area contributed by atoms with Crippen molar-refractivity contribution in [3.63, 3.8) is 0 Å². The van der Waals surface area contributed by atoms with E-state index in [2.05, 4.69) is 178 Å². The summed E-state index contributed by atoms with van der Waals surface area (Å²) in [6.45, 7) is 26.8. The average Bonchev–Trinajstić information content (AvgIpc) is 1.65. The van der Waals surface area contributed by atoms with E-state index >= 15 is 0 Å². The molecule has 0 saturated carbocycles. The number of Topliss-reactive ketones (excluding diaryl/α,β-unsaturated/α-hetero) is 8. The van der Waals surface area contributed by atoms with Crippen LogP contribution in [-0.4, -0.2) is 181 Å². The number of para-hydroxylation sites is 1. The molecule has 5 aliphatic carbocycles. The lowest BCUT2D eigenvalue weighted by Gasteiger charge is -2.15. The van der Waals surface area contributed by atoms with Crippen LogP contribution in [0.25, 0.3) is 38.8 Å². The van der Waals surface area contributed by atoms with Crippen molar-refractivity contribution < 1.29 is 61.3 Å². The fourth-order valence-corrected chi connectivity index (χ4v) is 20.3. The molecule has 14 rings (SSSR count). The van der Waals surface area contributed by atoms with Gasteiger partial charge in [0, 0.05) is 43.2 Å². The lowest BCUT2D eigenvalue weighted by molar-refractivity contribution is -0.119. The summed E-state index contributed by atoms with van der Waals surface area (Å²) in [4.78, 5) is 105. The second-order valence-corrected chi connectivity index (χ2v) is 42.2. The number of carbonyl (C=O) groups is 8. The zero-order valence-corrected chi connectivity index (χ0v) is 88.5. The van der Waals surface area contributed by atoms with Gasteiger partial charge >= 0.3 is 0 Å². The number of pyridine rings is 1. The Morgan fingerprint density at radius 1 is 0.362 bits per heavy atom. The Morgan fingerprint density at radius 2 is 0.730 bits per heavy atom. The molecule has 0 aliphatic heterocycles. The number of fused-ring (bicyclic) bond motifs is 6. The summed E-state index contributed by atoms with van der Waals surface area (Å²) < 4.78 is 41.7.